The Hall–Kier alpha value is -0.720. The van der Waals surface area contributed by atoms with Crippen molar-refractivity contribution >= 4 is 27.3 Å². The van der Waals surface area contributed by atoms with Crippen molar-refractivity contribution < 1.29 is 0 Å². The average molecular weight is 315 g/mol. The number of rotatable bonds is 4. The molecule has 0 fully saturated rings. The molecule has 0 aliphatic heterocycles. The first kappa shape index (κ1) is 12.7. The summed E-state index contributed by atoms with van der Waals surface area (Å²) in [5, 5.41) is 6.29. The maximum absolute atomic E-state index is 6.17. The van der Waals surface area contributed by atoms with Crippen LogP contribution in [0.5, 0.6) is 0 Å². The van der Waals surface area contributed by atoms with Gasteiger partial charge in [-0.1, -0.05) is 0 Å². The molecule has 2 N–H and O–H groups in total. The Kier molecular flexibility index (Phi) is 3.96. The van der Waals surface area contributed by atoms with E-state index < -0.39 is 0 Å². The van der Waals surface area contributed by atoms with Crippen LogP contribution in [0.15, 0.2) is 21.6 Å². The maximum Gasteiger partial charge on any atom is 0.138 e. The Morgan fingerprint density at radius 3 is 2.88 bits per heavy atom. The van der Waals surface area contributed by atoms with E-state index in [0.29, 0.717) is 12.5 Å². The lowest BCUT2D eigenvalue weighted by atomic mass is 10.1. The van der Waals surface area contributed by atoms with E-state index in [2.05, 4.69) is 51.3 Å². The molecule has 0 radical (unpaired) electrons. The Balaban J connectivity index is 2.13. The number of halogens is 1. The minimum absolute atomic E-state index is 0.0285. The molecule has 0 amide bonds. The number of hydrogen-bond donors (Lipinski definition) is 1. The third kappa shape index (κ3) is 2.94. The molecule has 0 aliphatic rings. The molecule has 0 aromatic carbocycles. The van der Waals surface area contributed by atoms with Gasteiger partial charge in [-0.15, -0.1) is 11.3 Å². The molecule has 2 aromatic rings. The van der Waals surface area contributed by atoms with E-state index in [4.69, 9.17) is 5.73 Å². The molecule has 1 atom stereocenters. The highest BCUT2D eigenvalue weighted by molar-refractivity contribution is 9.11. The van der Waals surface area contributed by atoms with Crippen LogP contribution >= 0.6 is 27.3 Å². The highest BCUT2D eigenvalue weighted by atomic mass is 79.9. The van der Waals surface area contributed by atoms with Gasteiger partial charge in [-0.2, -0.15) is 5.10 Å². The van der Waals surface area contributed by atoms with Gasteiger partial charge in [0.1, 0.15) is 12.2 Å². The van der Waals surface area contributed by atoms with Gasteiger partial charge >= 0.3 is 0 Å². The third-order valence-electron chi connectivity index (χ3n) is 2.55. The van der Waals surface area contributed by atoms with Crippen molar-refractivity contribution in [3.63, 3.8) is 0 Å². The van der Waals surface area contributed by atoms with E-state index in [0.717, 1.165) is 15.2 Å². The molecular formula is C11H15BrN4S. The van der Waals surface area contributed by atoms with Gasteiger partial charge in [-0.05, 0) is 46.8 Å². The quantitative estimate of drug-likeness (QED) is 0.944. The smallest absolute Gasteiger partial charge is 0.138 e. The molecule has 0 saturated heterocycles. The number of thiophene rings is 1. The molecule has 0 saturated carbocycles. The molecular weight excluding hydrogens is 300 g/mol. The van der Waals surface area contributed by atoms with Crippen molar-refractivity contribution in [3.8, 4) is 0 Å². The summed E-state index contributed by atoms with van der Waals surface area (Å²) in [7, 11) is 0. The minimum atomic E-state index is -0.0285. The van der Waals surface area contributed by atoms with E-state index in [1.807, 2.05) is 4.68 Å². The fraction of sp³-hybridized carbons (Fsp3) is 0.455. The first-order valence-electron chi connectivity index (χ1n) is 5.46. The third-order valence-corrected chi connectivity index (χ3v) is 4.08. The lowest BCUT2D eigenvalue weighted by Crippen LogP contribution is -2.17. The number of hydrogen-bond acceptors (Lipinski definition) is 4. The van der Waals surface area contributed by atoms with Gasteiger partial charge in [0.05, 0.1) is 3.79 Å². The number of aromatic nitrogens is 3. The fourth-order valence-electron chi connectivity index (χ4n) is 1.68. The van der Waals surface area contributed by atoms with E-state index >= 15 is 0 Å². The van der Waals surface area contributed by atoms with Crippen LogP contribution in [0.4, 0.5) is 0 Å². The maximum atomic E-state index is 6.17. The van der Waals surface area contributed by atoms with Crippen molar-refractivity contribution in [1.29, 1.82) is 0 Å². The highest BCUT2D eigenvalue weighted by Gasteiger charge is 2.14. The van der Waals surface area contributed by atoms with Gasteiger partial charge < -0.3 is 5.73 Å². The van der Waals surface area contributed by atoms with Gasteiger partial charge in [0.2, 0.25) is 0 Å². The fourth-order valence-corrected chi connectivity index (χ4v) is 2.92. The summed E-state index contributed by atoms with van der Waals surface area (Å²) in [5.41, 5.74) is 7.31. The van der Waals surface area contributed by atoms with Crippen LogP contribution in [0.25, 0.3) is 0 Å². The first-order chi connectivity index (χ1) is 8.08. The lowest BCUT2D eigenvalue weighted by Gasteiger charge is -2.12. The van der Waals surface area contributed by atoms with Gasteiger partial charge in [0.25, 0.3) is 0 Å². The highest BCUT2D eigenvalue weighted by Crippen LogP contribution is 2.26. The Bertz CT molecular complexity index is 491. The summed E-state index contributed by atoms with van der Waals surface area (Å²) in [6, 6.07) is 2.35. The molecule has 17 heavy (non-hydrogen) atoms. The van der Waals surface area contributed by atoms with Crippen molar-refractivity contribution in [2.45, 2.75) is 32.4 Å². The summed E-state index contributed by atoms with van der Waals surface area (Å²) in [6.45, 7) is 4.18. The van der Waals surface area contributed by atoms with Crippen LogP contribution in [0.1, 0.15) is 37.3 Å². The molecule has 0 spiro atoms. The SMILES string of the molecule is CC(C)n1ncnc1CC(N)c1csc(Br)c1. The zero-order chi connectivity index (χ0) is 12.4. The molecule has 1 unspecified atom stereocenters. The molecule has 2 rings (SSSR count). The summed E-state index contributed by atoms with van der Waals surface area (Å²) in [4.78, 5) is 4.27. The standard InChI is InChI=1S/C11H15BrN4S/c1-7(2)16-11(14-6-15-16)4-9(13)8-3-10(12)17-5-8/h3,5-7,9H,4,13H2,1-2H3. The van der Waals surface area contributed by atoms with Crippen LogP contribution in [-0.4, -0.2) is 14.8 Å². The van der Waals surface area contributed by atoms with Crippen molar-refractivity contribution in [2.75, 3.05) is 0 Å². The van der Waals surface area contributed by atoms with E-state index in [1.54, 1.807) is 17.7 Å². The van der Waals surface area contributed by atoms with Crippen LogP contribution < -0.4 is 5.73 Å². The van der Waals surface area contributed by atoms with Gasteiger partial charge in [0.15, 0.2) is 0 Å². The monoisotopic (exact) mass is 314 g/mol. The van der Waals surface area contributed by atoms with Gasteiger partial charge in [-0.3, -0.25) is 0 Å². The lowest BCUT2D eigenvalue weighted by molar-refractivity contribution is 0.493. The van der Waals surface area contributed by atoms with Crippen LogP contribution in [-0.2, 0) is 6.42 Å². The second kappa shape index (κ2) is 5.29. The molecule has 92 valence electrons. The normalized spacial score (nSPS) is 13.2. The predicted molar refractivity (Wildman–Crippen MR) is 73.1 cm³/mol. The average Bonchev–Trinajstić information content (AvgIpc) is 2.86. The summed E-state index contributed by atoms with van der Waals surface area (Å²) in [6.07, 6.45) is 2.30. The van der Waals surface area contributed by atoms with Crippen molar-refractivity contribution in [1.82, 2.24) is 14.8 Å². The summed E-state index contributed by atoms with van der Waals surface area (Å²) >= 11 is 5.10. The Labute approximate surface area is 113 Å². The van der Waals surface area contributed by atoms with Gasteiger partial charge in [0, 0.05) is 18.5 Å². The zero-order valence-electron chi connectivity index (χ0n) is 9.80. The molecule has 2 heterocycles. The van der Waals surface area contributed by atoms with Crippen molar-refractivity contribution in [2.24, 2.45) is 5.73 Å². The number of nitrogens with zero attached hydrogens (tertiary/aromatic N) is 3. The van der Waals surface area contributed by atoms with E-state index in [1.165, 1.54) is 0 Å². The molecule has 0 bridgehead atoms. The topological polar surface area (TPSA) is 56.7 Å². The van der Waals surface area contributed by atoms with E-state index in [-0.39, 0.29) is 6.04 Å². The molecule has 4 nitrogen and oxygen atoms in total. The Morgan fingerprint density at radius 1 is 1.53 bits per heavy atom. The van der Waals surface area contributed by atoms with Crippen LogP contribution in [0, 0.1) is 0 Å². The molecule has 6 heteroatoms. The largest absolute Gasteiger partial charge is 0.324 e. The molecule has 0 aliphatic carbocycles. The van der Waals surface area contributed by atoms with Crippen LogP contribution in [0.3, 0.4) is 0 Å². The predicted octanol–water partition coefficient (Wildman–Crippen LogP) is 2.93. The second-order valence-electron chi connectivity index (χ2n) is 4.21. The second-order valence-corrected chi connectivity index (χ2v) is 6.50. The first-order valence-corrected chi connectivity index (χ1v) is 7.13. The van der Waals surface area contributed by atoms with Crippen molar-refractivity contribution in [3.05, 3.63) is 32.9 Å². The molecule has 2 aromatic heterocycles. The van der Waals surface area contributed by atoms with Gasteiger partial charge in [-0.25, -0.2) is 9.67 Å². The summed E-state index contributed by atoms with van der Waals surface area (Å²) in [5.74, 6) is 0.940. The van der Waals surface area contributed by atoms with E-state index in [9.17, 15) is 0 Å². The zero-order valence-corrected chi connectivity index (χ0v) is 12.2. The van der Waals surface area contributed by atoms with Crippen LogP contribution in [0.2, 0.25) is 0 Å². The Morgan fingerprint density at radius 2 is 2.29 bits per heavy atom. The number of nitrogens with two attached hydrogens (primary N) is 1. The minimum Gasteiger partial charge on any atom is -0.324 e. The summed E-state index contributed by atoms with van der Waals surface area (Å²) < 4.78 is 3.02.